The van der Waals surface area contributed by atoms with Crippen LogP contribution >= 0.6 is 0 Å². The van der Waals surface area contributed by atoms with Crippen LogP contribution in [-0.4, -0.2) is 33.8 Å². The quantitative estimate of drug-likeness (QED) is 0.882. The molecule has 1 unspecified atom stereocenters. The van der Waals surface area contributed by atoms with E-state index in [1.54, 1.807) is 12.1 Å². The van der Waals surface area contributed by atoms with Gasteiger partial charge in [0, 0.05) is 24.6 Å². The SMILES string of the molecule is CC(C(=O)Nc1ccc(F)c(-c2nnc3n2CCCCC3)c1)C1CNC1. The lowest BCUT2D eigenvalue weighted by atomic mass is 9.88. The van der Waals surface area contributed by atoms with E-state index in [2.05, 4.69) is 20.8 Å². The molecule has 1 aromatic heterocycles. The fraction of sp³-hybridized carbons (Fsp3) is 0.526. The van der Waals surface area contributed by atoms with Crippen molar-refractivity contribution in [1.82, 2.24) is 20.1 Å². The van der Waals surface area contributed by atoms with Crippen molar-refractivity contribution in [3.8, 4) is 11.4 Å². The Labute approximate surface area is 152 Å². The number of carbonyl (C=O) groups excluding carboxylic acids is 1. The number of nitrogens with zero attached hydrogens (tertiary/aromatic N) is 3. The molecule has 6 nitrogen and oxygen atoms in total. The first-order chi connectivity index (χ1) is 12.6. The Balaban J connectivity index is 1.59. The zero-order chi connectivity index (χ0) is 18.1. The monoisotopic (exact) mass is 357 g/mol. The number of halogens is 1. The van der Waals surface area contributed by atoms with Gasteiger partial charge >= 0.3 is 0 Å². The standard InChI is InChI=1S/C19H24FN5O/c1-12(13-10-21-11-13)19(26)22-14-6-7-16(20)15(9-14)18-24-23-17-5-3-2-4-8-25(17)18/h6-7,9,12-13,21H,2-5,8,10-11H2,1H3,(H,22,26). The smallest absolute Gasteiger partial charge is 0.227 e. The fourth-order valence-electron chi connectivity index (χ4n) is 3.59. The second-order valence-electron chi connectivity index (χ2n) is 7.29. The maximum Gasteiger partial charge on any atom is 0.227 e. The summed E-state index contributed by atoms with van der Waals surface area (Å²) in [4.78, 5) is 12.4. The molecule has 2 aliphatic heterocycles. The molecule has 0 aliphatic carbocycles. The minimum atomic E-state index is -0.348. The van der Waals surface area contributed by atoms with Crippen LogP contribution < -0.4 is 10.6 Å². The predicted molar refractivity (Wildman–Crippen MR) is 97.1 cm³/mol. The average molecular weight is 357 g/mol. The summed E-state index contributed by atoms with van der Waals surface area (Å²) in [5, 5.41) is 14.6. The minimum Gasteiger partial charge on any atom is -0.326 e. The van der Waals surface area contributed by atoms with Gasteiger partial charge < -0.3 is 15.2 Å². The topological polar surface area (TPSA) is 71.8 Å². The van der Waals surface area contributed by atoms with Gasteiger partial charge in [-0.05, 0) is 50.0 Å². The predicted octanol–water partition coefficient (Wildman–Crippen LogP) is 2.60. The van der Waals surface area contributed by atoms with Crippen LogP contribution in [0.5, 0.6) is 0 Å². The number of carbonyl (C=O) groups is 1. The van der Waals surface area contributed by atoms with Crippen molar-refractivity contribution < 1.29 is 9.18 Å². The average Bonchev–Trinajstić information content (AvgIpc) is 2.83. The van der Waals surface area contributed by atoms with Gasteiger partial charge in [-0.15, -0.1) is 10.2 Å². The van der Waals surface area contributed by atoms with Crippen LogP contribution in [0.15, 0.2) is 18.2 Å². The summed E-state index contributed by atoms with van der Waals surface area (Å²) in [6, 6.07) is 4.65. The molecule has 2 aromatic rings. The van der Waals surface area contributed by atoms with Crippen molar-refractivity contribution in [1.29, 1.82) is 0 Å². The molecule has 0 bridgehead atoms. The Morgan fingerprint density at radius 1 is 1.31 bits per heavy atom. The van der Waals surface area contributed by atoms with E-state index >= 15 is 0 Å². The molecule has 0 spiro atoms. The molecular formula is C19H24FN5O. The van der Waals surface area contributed by atoms with E-state index in [1.807, 2.05) is 11.5 Å². The Kier molecular flexibility index (Phi) is 4.72. The van der Waals surface area contributed by atoms with Crippen LogP contribution in [0.1, 0.15) is 32.0 Å². The zero-order valence-corrected chi connectivity index (χ0v) is 15.0. The maximum atomic E-state index is 14.5. The van der Waals surface area contributed by atoms with Gasteiger partial charge in [0.2, 0.25) is 5.91 Å². The van der Waals surface area contributed by atoms with Crippen molar-refractivity contribution in [2.75, 3.05) is 18.4 Å². The minimum absolute atomic E-state index is 0.0332. The van der Waals surface area contributed by atoms with Gasteiger partial charge in [-0.1, -0.05) is 13.3 Å². The zero-order valence-electron chi connectivity index (χ0n) is 15.0. The summed E-state index contributed by atoms with van der Waals surface area (Å²) in [6.45, 7) is 4.48. The van der Waals surface area contributed by atoms with E-state index in [1.165, 1.54) is 6.07 Å². The maximum absolute atomic E-state index is 14.5. The molecule has 7 heteroatoms. The highest BCUT2D eigenvalue weighted by Crippen LogP contribution is 2.28. The third kappa shape index (κ3) is 3.23. The number of hydrogen-bond acceptors (Lipinski definition) is 4. The molecule has 1 fully saturated rings. The van der Waals surface area contributed by atoms with Gasteiger partial charge in [-0.2, -0.15) is 0 Å². The van der Waals surface area contributed by atoms with Crippen LogP contribution in [0.4, 0.5) is 10.1 Å². The second kappa shape index (κ2) is 7.15. The van der Waals surface area contributed by atoms with E-state index in [9.17, 15) is 9.18 Å². The van der Waals surface area contributed by atoms with E-state index in [4.69, 9.17) is 0 Å². The number of benzene rings is 1. The highest BCUT2D eigenvalue weighted by atomic mass is 19.1. The molecule has 1 atom stereocenters. The molecule has 138 valence electrons. The van der Waals surface area contributed by atoms with Gasteiger partial charge in [-0.25, -0.2) is 4.39 Å². The van der Waals surface area contributed by atoms with Gasteiger partial charge in [0.1, 0.15) is 11.6 Å². The summed E-state index contributed by atoms with van der Waals surface area (Å²) in [5.41, 5.74) is 0.984. The molecule has 0 saturated carbocycles. The summed E-state index contributed by atoms with van der Waals surface area (Å²) >= 11 is 0. The summed E-state index contributed by atoms with van der Waals surface area (Å²) < 4.78 is 16.5. The van der Waals surface area contributed by atoms with E-state index in [0.717, 1.165) is 51.1 Å². The number of fused-ring (bicyclic) bond motifs is 1. The van der Waals surface area contributed by atoms with Gasteiger partial charge in [0.05, 0.1) is 5.56 Å². The number of anilines is 1. The van der Waals surface area contributed by atoms with Crippen LogP contribution in [-0.2, 0) is 17.8 Å². The molecule has 2 aliphatic rings. The van der Waals surface area contributed by atoms with E-state index < -0.39 is 0 Å². The van der Waals surface area contributed by atoms with Gasteiger partial charge in [0.25, 0.3) is 0 Å². The van der Waals surface area contributed by atoms with Crippen molar-refractivity contribution >= 4 is 11.6 Å². The molecular weight excluding hydrogens is 333 g/mol. The second-order valence-corrected chi connectivity index (χ2v) is 7.29. The normalized spacial score (nSPS) is 18.5. The van der Waals surface area contributed by atoms with Crippen LogP contribution in [0.25, 0.3) is 11.4 Å². The van der Waals surface area contributed by atoms with Crippen LogP contribution in [0.3, 0.4) is 0 Å². The molecule has 4 rings (SSSR count). The first-order valence-electron chi connectivity index (χ1n) is 9.37. The Morgan fingerprint density at radius 3 is 2.92 bits per heavy atom. The fourth-order valence-corrected chi connectivity index (χ4v) is 3.59. The first kappa shape index (κ1) is 17.1. The summed E-state index contributed by atoms with van der Waals surface area (Å²) in [5.74, 6) is 1.37. The van der Waals surface area contributed by atoms with Gasteiger partial charge in [-0.3, -0.25) is 4.79 Å². The molecule has 1 saturated heterocycles. The number of nitrogens with one attached hydrogen (secondary N) is 2. The third-order valence-electron chi connectivity index (χ3n) is 5.52. The van der Waals surface area contributed by atoms with Crippen LogP contribution in [0, 0.1) is 17.7 Å². The third-order valence-corrected chi connectivity index (χ3v) is 5.52. The van der Waals surface area contributed by atoms with Crippen LogP contribution in [0.2, 0.25) is 0 Å². The summed E-state index contributed by atoms with van der Waals surface area (Å²) in [6.07, 6.45) is 4.15. The van der Waals surface area contributed by atoms with E-state index in [-0.39, 0.29) is 17.6 Å². The lowest BCUT2D eigenvalue weighted by molar-refractivity contribution is -0.121. The molecule has 3 heterocycles. The van der Waals surface area contributed by atoms with Gasteiger partial charge in [0.15, 0.2) is 5.82 Å². The summed E-state index contributed by atoms with van der Waals surface area (Å²) in [7, 11) is 0. The van der Waals surface area contributed by atoms with Crippen molar-refractivity contribution in [3.05, 3.63) is 29.8 Å². The molecule has 26 heavy (non-hydrogen) atoms. The van der Waals surface area contributed by atoms with Crippen molar-refractivity contribution in [3.63, 3.8) is 0 Å². The lowest BCUT2D eigenvalue weighted by Gasteiger charge is -2.31. The molecule has 2 N–H and O–H groups in total. The highest BCUT2D eigenvalue weighted by molar-refractivity contribution is 5.93. The number of aromatic nitrogens is 3. The first-order valence-corrected chi connectivity index (χ1v) is 9.37. The molecule has 0 radical (unpaired) electrons. The van der Waals surface area contributed by atoms with Crippen molar-refractivity contribution in [2.24, 2.45) is 11.8 Å². The van der Waals surface area contributed by atoms with Crippen molar-refractivity contribution in [2.45, 2.75) is 39.2 Å². The number of hydrogen-bond donors (Lipinski definition) is 2. The Hall–Kier alpha value is -2.28. The molecule has 1 amide bonds. The largest absolute Gasteiger partial charge is 0.326 e. The number of rotatable bonds is 4. The lowest BCUT2D eigenvalue weighted by Crippen LogP contribution is -2.48. The highest BCUT2D eigenvalue weighted by Gasteiger charge is 2.29. The number of aryl methyl sites for hydroxylation is 1. The Morgan fingerprint density at radius 2 is 2.15 bits per heavy atom. The van der Waals surface area contributed by atoms with E-state index in [0.29, 0.717) is 23.0 Å². The number of amides is 1. The Bertz CT molecular complexity index is 814. The molecule has 1 aromatic carbocycles.